The number of nitrogens with zero attached hydrogens (tertiary/aromatic N) is 3. The maximum Gasteiger partial charge on any atom is 0.239 e. The maximum atomic E-state index is 12.7. The second-order valence-electron chi connectivity index (χ2n) is 6.20. The van der Waals surface area contributed by atoms with Gasteiger partial charge >= 0.3 is 0 Å². The fourth-order valence-electron chi connectivity index (χ4n) is 2.84. The van der Waals surface area contributed by atoms with Crippen LogP contribution in [-0.4, -0.2) is 52.8 Å². The molecule has 1 fully saturated rings. The first-order valence-corrected chi connectivity index (χ1v) is 9.02. The van der Waals surface area contributed by atoms with Crippen molar-refractivity contribution in [3.63, 3.8) is 0 Å². The van der Waals surface area contributed by atoms with E-state index in [4.69, 9.17) is 5.73 Å². The van der Waals surface area contributed by atoms with Crippen molar-refractivity contribution < 1.29 is 9.59 Å². The third-order valence-corrected chi connectivity index (χ3v) is 5.51. The van der Waals surface area contributed by atoms with Crippen LogP contribution < -0.4 is 5.73 Å². The summed E-state index contributed by atoms with van der Waals surface area (Å²) in [5.74, 6) is -0.460. The molecule has 7 heteroatoms. The van der Waals surface area contributed by atoms with Crippen LogP contribution in [-0.2, 0) is 22.6 Å². The number of aromatic nitrogens is 1. The standard InChI is InChI=1S/C16H26N4O2S/c1-4-14-18-13(10-23-14)9-19(3)11(2)16(22)20-7-5-6-12(8-20)15(17)21/h10-12H,4-9H2,1-3H3,(H2,17,21)/t11-,12+/m0/s1. The van der Waals surface area contributed by atoms with E-state index in [0.717, 1.165) is 30.0 Å². The zero-order chi connectivity index (χ0) is 17.0. The third-order valence-electron chi connectivity index (χ3n) is 4.47. The number of likely N-dealkylation sites (N-methyl/N-ethyl adjacent to an activating group) is 1. The van der Waals surface area contributed by atoms with Crippen molar-refractivity contribution in [3.05, 3.63) is 16.1 Å². The molecule has 0 unspecified atom stereocenters. The summed E-state index contributed by atoms with van der Waals surface area (Å²) < 4.78 is 0. The number of aryl methyl sites for hydroxylation is 1. The first-order chi connectivity index (χ1) is 10.9. The van der Waals surface area contributed by atoms with Crippen molar-refractivity contribution in [3.8, 4) is 0 Å². The van der Waals surface area contributed by atoms with Gasteiger partial charge in [0, 0.05) is 25.0 Å². The Morgan fingerprint density at radius 3 is 2.91 bits per heavy atom. The quantitative estimate of drug-likeness (QED) is 0.846. The van der Waals surface area contributed by atoms with Crippen LogP contribution in [0.4, 0.5) is 0 Å². The topological polar surface area (TPSA) is 79.5 Å². The summed E-state index contributed by atoms with van der Waals surface area (Å²) >= 11 is 1.66. The lowest BCUT2D eigenvalue weighted by Gasteiger charge is -2.35. The molecule has 2 N–H and O–H groups in total. The van der Waals surface area contributed by atoms with Gasteiger partial charge in [-0.2, -0.15) is 0 Å². The van der Waals surface area contributed by atoms with Crippen LogP contribution in [0.5, 0.6) is 0 Å². The lowest BCUT2D eigenvalue weighted by molar-refractivity contribution is -0.139. The second-order valence-corrected chi connectivity index (χ2v) is 7.15. The number of likely N-dealkylation sites (tertiary alicyclic amines) is 1. The lowest BCUT2D eigenvalue weighted by Crippen LogP contribution is -2.50. The van der Waals surface area contributed by atoms with Gasteiger partial charge in [0.15, 0.2) is 0 Å². The fourth-order valence-corrected chi connectivity index (χ4v) is 3.57. The molecule has 1 aromatic rings. The molecule has 128 valence electrons. The third kappa shape index (κ3) is 4.51. The van der Waals surface area contributed by atoms with Gasteiger partial charge in [-0.15, -0.1) is 11.3 Å². The number of thiazole rings is 1. The number of piperidine rings is 1. The predicted molar refractivity (Wildman–Crippen MR) is 90.9 cm³/mol. The minimum Gasteiger partial charge on any atom is -0.369 e. The fraction of sp³-hybridized carbons (Fsp3) is 0.688. The summed E-state index contributed by atoms with van der Waals surface area (Å²) in [5, 5.41) is 3.17. The highest BCUT2D eigenvalue weighted by Crippen LogP contribution is 2.19. The van der Waals surface area contributed by atoms with Crippen LogP contribution in [0.25, 0.3) is 0 Å². The molecule has 0 spiro atoms. The molecule has 2 amide bonds. The molecular formula is C16H26N4O2S. The lowest BCUT2D eigenvalue weighted by atomic mass is 9.97. The van der Waals surface area contributed by atoms with Gasteiger partial charge in [0.2, 0.25) is 11.8 Å². The number of nitrogens with two attached hydrogens (primary N) is 1. The van der Waals surface area contributed by atoms with Crippen LogP contribution in [0.2, 0.25) is 0 Å². The van der Waals surface area contributed by atoms with Gasteiger partial charge in [-0.05, 0) is 33.2 Å². The van der Waals surface area contributed by atoms with Crippen LogP contribution in [0, 0.1) is 5.92 Å². The monoisotopic (exact) mass is 338 g/mol. The summed E-state index contributed by atoms with van der Waals surface area (Å²) in [4.78, 5) is 32.4. The van der Waals surface area contributed by atoms with Crippen molar-refractivity contribution in [2.24, 2.45) is 11.7 Å². The average Bonchev–Trinajstić information content (AvgIpc) is 3.01. The Morgan fingerprint density at radius 2 is 2.30 bits per heavy atom. The van der Waals surface area contributed by atoms with Crippen molar-refractivity contribution >= 4 is 23.2 Å². The van der Waals surface area contributed by atoms with E-state index in [-0.39, 0.29) is 23.8 Å². The highest BCUT2D eigenvalue weighted by atomic mass is 32.1. The largest absolute Gasteiger partial charge is 0.369 e. The number of carbonyl (C=O) groups excluding carboxylic acids is 2. The molecule has 0 aromatic carbocycles. The van der Waals surface area contributed by atoms with Crippen LogP contribution in [0.3, 0.4) is 0 Å². The van der Waals surface area contributed by atoms with E-state index >= 15 is 0 Å². The van der Waals surface area contributed by atoms with Crippen molar-refractivity contribution in [2.75, 3.05) is 20.1 Å². The van der Waals surface area contributed by atoms with Crippen molar-refractivity contribution in [1.29, 1.82) is 0 Å². The summed E-state index contributed by atoms with van der Waals surface area (Å²) in [6.07, 6.45) is 2.55. The Bertz CT molecular complexity index is 560. The summed E-state index contributed by atoms with van der Waals surface area (Å²) in [7, 11) is 1.93. The Balaban J connectivity index is 1.93. The molecule has 23 heavy (non-hydrogen) atoms. The van der Waals surface area contributed by atoms with Crippen LogP contribution in [0.1, 0.15) is 37.4 Å². The summed E-state index contributed by atoms with van der Waals surface area (Å²) in [6.45, 7) is 5.80. The number of carbonyl (C=O) groups is 2. The van der Waals surface area contributed by atoms with Crippen LogP contribution in [0.15, 0.2) is 5.38 Å². The average molecular weight is 338 g/mol. The second kappa shape index (κ2) is 7.88. The molecule has 1 saturated heterocycles. The molecule has 2 atom stereocenters. The normalized spacial score (nSPS) is 19.8. The highest BCUT2D eigenvalue weighted by molar-refractivity contribution is 7.09. The molecule has 0 radical (unpaired) electrons. The Labute approximate surface area is 141 Å². The number of hydrogen-bond donors (Lipinski definition) is 1. The summed E-state index contributed by atoms with van der Waals surface area (Å²) in [5.41, 5.74) is 6.39. The first kappa shape index (κ1) is 17.9. The van der Waals surface area contributed by atoms with E-state index in [1.54, 1.807) is 16.2 Å². The first-order valence-electron chi connectivity index (χ1n) is 8.14. The van der Waals surface area contributed by atoms with Gasteiger partial charge < -0.3 is 10.6 Å². The molecular weight excluding hydrogens is 312 g/mol. The van der Waals surface area contributed by atoms with Gasteiger partial charge in [-0.25, -0.2) is 4.98 Å². The maximum absolute atomic E-state index is 12.7. The highest BCUT2D eigenvalue weighted by Gasteiger charge is 2.30. The number of primary amides is 1. The van der Waals surface area contributed by atoms with E-state index in [2.05, 4.69) is 17.3 Å². The van der Waals surface area contributed by atoms with Gasteiger partial charge in [-0.1, -0.05) is 6.92 Å². The molecule has 6 nitrogen and oxygen atoms in total. The number of hydrogen-bond acceptors (Lipinski definition) is 5. The molecule has 0 bridgehead atoms. The van der Waals surface area contributed by atoms with Gasteiger partial charge in [0.25, 0.3) is 0 Å². The minimum absolute atomic E-state index is 0.0596. The molecule has 1 aliphatic heterocycles. The van der Waals surface area contributed by atoms with Crippen molar-refractivity contribution in [2.45, 2.75) is 45.7 Å². The SMILES string of the molecule is CCc1nc(CN(C)[C@@H](C)C(=O)N2CCC[C@@H](C(N)=O)C2)cs1. The molecule has 1 aliphatic rings. The predicted octanol–water partition coefficient (Wildman–Crippen LogP) is 1.25. The number of amides is 2. The summed E-state index contributed by atoms with van der Waals surface area (Å²) in [6, 6.07) is -0.242. The zero-order valence-electron chi connectivity index (χ0n) is 14.1. The minimum atomic E-state index is -0.307. The smallest absolute Gasteiger partial charge is 0.239 e. The van der Waals surface area contributed by atoms with Gasteiger partial charge in [0.1, 0.15) is 0 Å². The molecule has 0 aliphatic carbocycles. The Kier molecular flexibility index (Phi) is 6.12. The van der Waals surface area contributed by atoms with E-state index in [9.17, 15) is 9.59 Å². The zero-order valence-corrected chi connectivity index (χ0v) is 14.9. The number of rotatable bonds is 6. The van der Waals surface area contributed by atoms with Crippen LogP contribution >= 0.6 is 11.3 Å². The molecule has 2 rings (SSSR count). The Morgan fingerprint density at radius 1 is 1.57 bits per heavy atom. The molecule has 1 aromatic heterocycles. The van der Waals surface area contributed by atoms with Gasteiger partial charge in [-0.3, -0.25) is 14.5 Å². The van der Waals surface area contributed by atoms with E-state index in [1.807, 2.05) is 18.9 Å². The van der Waals surface area contributed by atoms with Crippen molar-refractivity contribution in [1.82, 2.24) is 14.8 Å². The van der Waals surface area contributed by atoms with Gasteiger partial charge in [0.05, 0.1) is 22.7 Å². The molecule has 2 heterocycles. The van der Waals surface area contributed by atoms with E-state index in [0.29, 0.717) is 19.6 Å². The van der Waals surface area contributed by atoms with E-state index < -0.39 is 0 Å². The Hall–Kier alpha value is -1.47. The van der Waals surface area contributed by atoms with E-state index in [1.165, 1.54) is 0 Å². The molecule has 0 saturated carbocycles.